The molecule has 0 atom stereocenters. The van der Waals surface area contributed by atoms with E-state index in [9.17, 15) is 8.78 Å². The quantitative estimate of drug-likeness (QED) is 0.599. The third-order valence-corrected chi connectivity index (χ3v) is 2.32. The first-order valence-electron chi connectivity index (χ1n) is 5.13. The highest BCUT2D eigenvalue weighted by molar-refractivity contribution is 4.69. The average Bonchev–Trinajstić information content (AvgIpc) is 2.26. The highest BCUT2D eigenvalue weighted by atomic mass is 19.3. The molecule has 0 aromatic carbocycles. The Hall–Kier alpha value is -0.300. The molecule has 0 bridgehead atoms. The van der Waals surface area contributed by atoms with Crippen molar-refractivity contribution in [3.63, 3.8) is 0 Å². The number of hydrogen-bond acceptors (Lipinski definition) is 4. The van der Waals surface area contributed by atoms with E-state index in [1.54, 1.807) is 0 Å². The summed E-state index contributed by atoms with van der Waals surface area (Å²) in [5.41, 5.74) is 0. The summed E-state index contributed by atoms with van der Waals surface area (Å²) < 4.78 is 30.3. The molecule has 2 N–H and O–H groups in total. The smallest absolute Gasteiger partial charge is 0.282 e. The maximum absolute atomic E-state index is 12.6. The highest BCUT2D eigenvalue weighted by Gasteiger charge is 2.26. The first-order valence-corrected chi connectivity index (χ1v) is 5.13. The number of rotatable bonds is 6. The molecule has 0 aromatic heterocycles. The summed E-state index contributed by atoms with van der Waals surface area (Å²) in [6, 6.07) is 0. The van der Waals surface area contributed by atoms with E-state index in [0.29, 0.717) is 19.8 Å². The molecule has 90 valence electrons. The molecular formula is C9H18F2N2O2. The van der Waals surface area contributed by atoms with Gasteiger partial charge in [0.2, 0.25) is 0 Å². The summed E-state index contributed by atoms with van der Waals surface area (Å²) >= 11 is 0. The lowest BCUT2D eigenvalue weighted by molar-refractivity contribution is -0.0480. The summed E-state index contributed by atoms with van der Waals surface area (Å²) in [5, 5.41) is 11.0. The van der Waals surface area contributed by atoms with Gasteiger partial charge in [0, 0.05) is 26.2 Å². The number of morpholine rings is 1. The molecule has 1 rings (SSSR count). The van der Waals surface area contributed by atoms with Crippen LogP contribution < -0.4 is 5.32 Å². The van der Waals surface area contributed by atoms with Crippen molar-refractivity contribution in [1.29, 1.82) is 0 Å². The Morgan fingerprint density at radius 3 is 2.60 bits per heavy atom. The summed E-state index contributed by atoms with van der Waals surface area (Å²) in [6.07, 6.45) is 0. The van der Waals surface area contributed by atoms with Gasteiger partial charge in [-0.3, -0.25) is 4.90 Å². The van der Waals surface area contributed by atoms with Crippen molar-refractivity contribution in [3.05, 3.63) is 0 Å². The van der Waals surface area contributed by atoms with Crippen LogP contribution in [0.25, 0.3) is 0 Å². The molecule has 0 aromatic rings. The lowest BCUT2D eigenvalue weighted by Crippen LogP contribution is -2.43. The van der Waals surface area contributed by atoms with Gasteiger partial charge in [0.25, 0.3) is 5.92 Å². The number of alkyl halides is 2. The maximum Gasteiger partial charge on any atom is 0.282 e. The fourth-order valence-electron chi connectivity index (χ4n) is 1.39. The molecule has 0 unspecified atom stereocenters. The monoisotopic (exact) mass is 224 g/mol. The zero-order valence-electron chi connectivity index (χ0n) is 8.72. The van der Waals surface area contributed by atoms with Crippen LogP contribution in [0.15, 0.2) is 0 Å². The Balaban J connectivity index is 2.00. The predicted octanol–water partition coefficient (Wildman–Crippen LogP) is -0.464. The van der Waals surface area contributed by atoms with Gasteiger partial charge in [0.1, 0.15) is 6.61 Å². The van der Waals surface area contributed by atoms with Crippen molar-refractivity contribution in [3.8, 4) is 0 Å². The molecule has 1 aliphatic rings. The first-order chi connectivity index (χ1) is 7.14. The Kier molecular flexibility index (Phi) is 5.38. The van der Waals surface area contributed by atoms with E-state index < -0.39 is 19.1 Å². The fourth-order valence-corrected chi connectivity index (χ4v) is 1.39. The van der Waals surface area contributed by atoms with Crippen LogP contribution >= 0.6 is 0 Å². The number of hydrogen-bond donors (Lipinski definition) is 2. The number of aliphatic hydroxyl groups excluding tert-OH is 1. The predicted molar refractivity (Wildman–Crippen MR) is 52.2 cm³/mol. The Bertz CT molecular complexity index is 175. The van der Waals surface area contributed by atoms with Gasteiger partial charge in [-0.15, -0.1) is 0 Å². The van der Waals surface area contributed by atoms with Crippen molar-refractivity contribution < 1.29 is 18.6 Å². The van der Waals surface area contributed by atoms with Gasteiger partial charge in [-0.2, -0.15) is 0 Å². The molecule has 1 heterocycles. The van der Waals surface area contributed by atoms with Gasteiger partial charge in [0.05, 0.1) is 19.8 Å². The Labute approximate surface area is 88.2 Å². The number of nitrogens with zero attached hydrogens (tertiary/aromatic N) is 1. The van der Waals surface area contributed by atoms with Crippen LogP contribution in [0, 0.1) is 0 Å². The molecular weight excluding hydrogens is 206 g/mol. The van der Waals surface area contributed by atoms with Crippen LogP contribution in [-0.4, -0.2) is 68.5 Å². The zero-order chi connectivity index (χ0) is 11.1. The molecule has 0 amide bonds. The molecule has 0 saturated carbocycles. The fraction of sp³-hybridized carbons (Fsp3) is 1.00. The average molecular weight is 224 g/mol. The van der Waals surface area contributed by atoms with Gasteiger partial charge in [0.15, 0.2) is 0 Å². The molecule has 6 heteroatoms. The minimum Gasteiger partial charge on any atom is -0.390 e. The minimum atomic E-state index is -3.01. The molecule has 0 radical (unpaired) electrons. The summed E-state index contributed by atoms with van der Waals surface area (Å²) in [5.74, 6) is -3.01. The van der Waals surface area contributed by atoms with Gasteiger partial charge < -0.3 is 15.2 Å². The molecule has 1 saturated heterocycles. The van der Waals surface area contributed by atoms with E-state index in [2.05, 4.69) is 10.2 Å². The number of nitrogens with one attached hydrogen (secondary N) is 1. The SMILES string of the molecule is OCC(F)(F)CNCCN1CCOCC1. The van der Waals surface area contributed by atoms with Crippen molar-refractivity contribution in [1.82, 2.24) is 10.2 Å². The van der Waals surface area contributed by atoms with Crippen LogP contribution in [0.1, 0.15) is 0 Å². The third kappa shape index (κ3) is 5.36. The van der Waals surface area contributed by atoms with Crippen molar-refractivity contribution in [2.45, 2.75) is 5.92 Å². The van der Waals surface area contributed by atoms with Crippen LogP contribution in [0.5, 0.6) is 0 Å². The van der Waals surface area contributed by atoms with Crippen LogP contribution in [0.3, 0.4) is 0 Å². The van der Waals surface area contributed by atoms with Crippen molar-refractivity contribution in [2.24, 2.45) is 0 Å². The Morgan fingerprint density at radius 1 is 1.33 bits per heavy atom. The van der Waals surface area contributed by atoms with E-state index in [-0.39, 0.29) is 0 Å². The number of aliphatic hydroxyl groups is 1. The second-order valence-electron chi connectivity index (χ2n) is 3.64. The lowest BCUT2D eigenvalue weighted by atomic mass is 10.3. The van der Waals surface area contributed by atoms with Crippen LogP contribution in [0.4, 0.5) is 8.78 Å². The van der Waals surface area contributed by atoms with Gasteiger partial charge >= 0.3 is 0 Å². The lowest BCUT2D eigenvalue weighted by Gasteiger charge is -2.26. The number of halogens is 2. The topological polar surface area (TPSA) is 44.7 Å². The van der Waals surface area contributed by atoms with Crippen LogP contribution in [-0.2, 0) is 4.74 Å². The number of ether oxygens (including phenoxy) is 1. The standard InChI is InChI=1S/C9H18F2N2O2/c10-9(11,8-14)7-12-1-2-13-3-5-15-6-4-13/h12,14H,1-8H2. The van der Waals surface area contributed by atoms with E-state index in [0.717, 1.165) is 19.6 Å². The molecule has 4 nitrogen and oxygen atoms in total. The summed E-state index contributed by atoms with van der Waals surface area (Å²) in [4.78, 5) is 2.16. The first kappa shape index (κ1) is 12.8. The van der Waals surface area contributed by atoms with E-state index >= 15 is 0 Å². The molecule has 0 aliphatic carbocycles. The molecule has 1 aliphatic heterocycles. The van der Waals surface area contributed by atoms with Gasteiger partial charge in [-0.25, -0.2) is 8.78 Å². The van der Waals surface area contributed by atoms with E-state index in [4.69, 9.17) is 9.84 Å². The summed E-state index contributed by atoms with van der Waals surface area (Å²) in [6.45, 7) is 2.83. The van der Waals surface area contributed by atoms with E-state index in [1.165, 1.54) is 0 Å². The normalized spacial score (nSPS) is 19.4. The molecule has 1 fully saturated rings. The minimum absolute atomic E-state index is 0.464. The van der Waals surface area contributed by atoms with Gasteiger partial charge in [-0.05, 0) is 0 Å². The van der Waals surface area contributed by atoms with Crippen molar-refractivity contribution in [2.75, 3.05) is 52.5 Å². The van der Waals surface area contributed by atoms with E-state index in [1.807, 2.05) is 0 Å². The largest absolute Gasteiger partial charge is 0.390 e. The molecule has 0 spiro atoms. The van der Waals surface area contributed by atoms with Gasteiger partial charge in [-0.1, -0.05) is 0 Å². The third-order valence-electron chi connectivity index (χ3n) is 2.32. The molecule has 15 heavy (non-hydrogen) atoms. The summed E-state index contributed by atoms with van der Waals surface area (Å²) in [7, 11) is 0. The van der Waals surface area contributed by atoms with Crippen LogP contribution in [0.2, 0.25) is 0 Å². The second-order valence-corrected chi connectivity index (χ2v) is 3.64. The van der Waals surface area contributed by atoms with Crippen molar-refractivity contribution >= 4 is 0 Å². The second kappa shape index (κ2) is 6.32. The maximum atomic E-state index is 12.6. The zero-order valence-corrected chi connectivity index (χ0v) is 8.72. The Morgan fingerprint density at radius 2 is 2.00 bits per heavy atom. The highest BCUT2D eigenvalue weighted by Crippen LogP contribution is 2.09.